The molecule has 2 aromatic heterocycles. The highest BCUT2D eigenvalue weighted by atomic mass is 16.4. The zero-order valence-electron chi connectivity index (χ0n) is 11.4. The smallest absolute Gasteiger partial charge is 0.305 e. The molecular weight excluding hydrogens is 274 g/mol. The number of hydrogen-bond donors (Lipinski definition) is 3. The first-order chi connectivity index (χ1) is 9.97. The summed E-state index contributed by atoms with van der Waals surface area (Å²) in [6, 6.07) is 2.28. The number of nitrogens with two attached hydrogens (primary N) is 1. The van der Waals surface area contributed by atoms with Crippen LogP contribution in [0.15, 0.2) is 30.7 Å². The van der Waals surface area contributed by atoms with Crippen LogP contribution in [0.25, 0.3) is 5.82 Å². The van der Waals surface area contributed by atoms with Crippen LogP contribution >= 0.6 is 0 Å². The Morgan fingerprint density at radius 3 is 2.71 bits per heavy atom. The number of pyridine rings is 1. The van der Waals surface area contributed by atoms with Crippen LogP contribution in [0.3, 0.4) is 0 Å². The van der Waals surface area contributed by atoms with Gasteiger partial charge in [-0.15, -0.1) is 0 Å². The van der Waals surface area contributed by atoms with Gasteiger partial charge in [0.25, 0.3) is 0 Å². The van der Waals surface area contributed by atoms with Gasteiger partial charge in [0.1, 0.15) is 11.6 Å². The molecule has 1 amide bonds. The lowest BCUT2D eigenvalue weighted by molar-refractivity contribution is -0.138. The second-order valence-corrected chi connectivity index (χ2v) is 4.44. The molecule has 2 rings (SSSR count). The fourth-order valence-corrected chi connectivity index (χ4v) is 1.74. The lowest BCUT2D eigenvalue weighted by Crippen LogP contribution is -2.37. The predicted octanol–water partition coefficient (Wildman–Crippen LogP) is 0.316. The highest BCUT2D eigenvalue weighted by Gasteiger charge is 2.17. The third-order valence-electron chi connectivity index (χ3n) is 2.82. The van der Waals surface area contributed by atoms with E-state index in [1.807, 2.05) is 6.92 Å². The molecule has 2 heterocycles. The van der Waals surface area contributed by atoms with Gasteiger partial charge in [0.2, 0.25) is 5.91 Å². The van der Waals surface area contributed by atoms with E-state index in [1.54, 1.807) is 29.1 Å². The van der Waals surface area contributed by atoms with E-state index in [-0.39, 0.29) is 0 Å². The molecule has 4 N–H and O–H groups in total. The van der Waals surface area contributed by atoms with Crippen LogP contribution in [-0.4, -0.2) is 37.6 Å². The maximum atomic E-state index is 11.7. The minimum Gasteiger partial charge on any atom is -0.481 e. The van der Waals surface area contributed by atoms with Gasteiger partial charge in [-0.05, 0) is 19.1 Å². The van der Waals surface area contributed by atoms with Gasteiger partial charge in [-0.25, -0.2) is 9.97 Å². The topological polar surface area (TPSA) is 123 Å². The molecule has 0 spiro atoms. The van der Waals surface area contributed by atoms with Gasteiger partial charge in [-0.2, -0.15) is 0 Å². The molecule has 0 aliphatic carbocycles. The second kappa shape index (κ2) is 6.14. The average molecular weight is 289 g/mol. The Labute approximate surface area is 120 Å². The summed E-state index contributed by atoms with van der Waals surface area (Å²) in [5, 5.41) is 11.1. The van der Waals surface area contributed by atoms with Crippen molar-refractivity contribution in [3.8, 4) is 5.82 Å². The molecule has 0 radical (unpaired) electrons. The summed E-state index contributed by atoms with van der Waals surface area (Å²) in [4.78, 5) is 30.5. The number of carbonyl (C=O) groups excluding carboxylic acids is 1. The van der Waals surface area contributed by atoms with Crippen LogP contribution in [-0.2, 0) is 9.59 Å². The quantitative estimate of drug-likeness (QED) is 0.728. The van der Waals surface area contributed by atoms with Crippen LogP contribution in [0.1, 0.15) is 12.2 Å². The van der Waals surface area contributed by atoms with E-state index in [0.29, 0.717) is 11.5 Å². The normalized spacial score (nSPS) is 11.9. The predicted molar refractivity (Wildman–Crippen MR) is 75.0 cm³/mol. The summed E-state index contributed by atoms with van der Waals surface area (Å²) in [6.07, 6.45) is 4.49. The van der Waals surface area contributed by atoms with Crippen molar-refractivity contribution in [2.24, 2.45) is 5.73 Å². The van der Waals surface area contributed by atoms with Gasteiger partial charge < -0.3 is 16.2 Å². The summed E-state index contributed by atoms with van der Waals surface area (Å²) in [7, 11) is 0. The number of nitrogens with zero attached hydrogens (tertiary/aromatic N) is 3. The highest BCUT2D eigenvalue weighted by Crippen LogP contribution is 2.11. The van der Waals surface area contributed by atoms with Gasteiger partial charge in [0, 0.05) is 12.4 Å². The molecule has 0 fully saturated rings. The van der Waals surface area contributed by atoms with Crippen molar-refractivity contribution in [3.63, 3.8) is 0 Å². The van der Waals surface area contributed by atoms with Crippen LogP contribution < -0.4 is 11.1 Å². The number of carboxylic acid groups (broad SMARTS) is 1. The zero-order chi connectivity index (χ0) is 15.4. The second-order valence-electron chi connectivity index (χ2n) is 4.44. The number of aromatic nitrogens is 3. The van der Waals surface area contributed by atoms with Crippen molar-refractivity contribution in [1.29, 1.82) is 0 Å². The lowest BCUT2D eigenvalue weighted by atomic mass is 10.2. The number of carboxylic acids is 1. The molecule has 0 saturated heterocycles. The Morgan fingerprint density at radius 1 is 1.43 bits per heavy atom. The number of hydrogen-bond acceptors (Lipinski definition) is 5. The number of amides is 1. The number of aliphatic carboxylic acids is 1. The molecule has 8 heteroatoms. The van der Waals surface area contributed by atoms with E-state index in [0.717, 1.165) is 5.82 Å². The minimum atomic E-state index is -1.12. The molecule has 110 valence electrons. The lowest BCUT2D eigenvalue weighted by Gasteiger charge is -2.10. The summed E-state index contributed by atoms with van der Waals surface area (Å²) in [5.41, 5.74) is 5.91. The fraction of sp³-hybridized carbons (Fsp3) is 0.231. The summed E-state index contributed by atoms with van der Waals surface area (Å²) >= 11 is 0. The van der Waals surface area contributed by atoms with E-state index >= 15 is 0 Å². The highest BCUT2D eigenvalue weighted by molar-refractivity contribution is 5.96. The van der Waals surface area contributed by atoms with Crippen molar-refractivity contribution in [1.82, 2.24) is 14.5 Å². The first-order valence-corrected chi connectivity index (χ1v) is 6.22. The monoisotopic (exact) mass is 289 g/mol. The summed E-state index contributed by atoms with van der Waals surface area (Å²) in [5.74, 6) is -0.229. The molecular formula is C13H15N5O3. The molecule has 1 atom stereocenters. The van der Waals surface area contributed by atoms with Gasteiger partial charge in [0.15, 0.2) is 0 Å². The Kier molecular flexibility index (Phi) is 4.29. The maximum absolute atomic E-state index is 11.7. The molecule has 0 bridgehead atoms. The van der Waals surface area contributed by atoms with E-state index in [2.05, 4.69) is 15.3 Å². The Morgan fingerprint density at radius 2 is 2.19 bits per heavy atom. The minimum absolute atomic E-state index is 0.425. The van der Waals surface area contributed by atoms with E-state index < -0.39 is 24.3 Å². The SMILES string of the molecule is Cc1nccn1-c1ccc(NC(=O)C(N)CC(=O)O)cn1. The van der Waals surface area contributed by atoms with Crippen LogP contribution in [0.2, 0.25) is 0 Å². The first kappa shape index (κ1) is 14.7. The summed E-state index contributed by atoms with van der Waals surface area (Å²) in [6.45, 7) is 1.85. The van der Waals surface area contributed by atoms with Gasteiger partial charge in [0.05, 0.1) is 24.3 Å². The van der Waals surface area contributed by atoms with E-state index in [4.69, 9.17) is 10.8 Å². The number of carbonyl (C=O) groups is 2. The van der Waals surface area contributed by atoms with Crippen LogP contribution in [0, 0.1) is 6.92 Å². The van der Waals surface area contributed by atoms with E-state index in [1.165, 1.54) is 6.20 Å². The third-order valence-corrected chi connectivity index (χ3v) is 2.82. The Balaban J connectivity index is 2.04. The van der Waals surface area contributed by atoms with Crippen LogP contribution in [0.4, 0.5) is 5.69 Å². The Hall–Kier alpha value is -2.74. The van der Waals surface area contributed by atoms with Crippen molar-refractivity contribution >= 4 is 17.6 Å². The maximum Gasteiger partial charge on any atom is 0.305 e. The number of imidazole rings is 1. The summed E-state index contributed by atoms with van der Waals surface area (Å²) < 4.78 is 1.79. The molecule has 8 nitrogen and oxygen atoms in total. The average Bonchev–Trinajstić information content (AvgIpc) is 2.85. The molecule has 2 aromatic rings. The molecule has 0 aliphatic heterocycles. The van der Waals surface area contributed by atoms with E-state index in [9.17, 15) is 9.59 Å². The molecule has 0 aromatic carbocycles. The van der Waals surface area contributed by atoms with Crippen molar-refractivity contribution in [2.75, 3.05) is 5.32 Å². The van der Waals surface area contributed by atoms with Crippen molar-refractivity contribution in [3.05, 3.63) is 36.5 Å². The van der Waals surface area contributed by atoms with Crippen molar-refractivity contribution < 1.29 is 14.7 Å². The van der Waals surface area contributed by atoms with Gasteiger partial charge >= 0.3 is 5.97 Å². The van der Waals surface area contributed by atoms with Gasteiger partial charge in [-0.3, -0.25) is 14.2 Å². The molecule has 0 aliphatic rings. The number of aryl methyl sites for hydroxylation is 1. The number of rotatable bonds is 5. The Bertz CT molecular complexity index is 650. The van der Waals surface area contributed by atoms with Crippen LogP contribution in [0.5, 0.6) is 0 Å². The largest absolute Gasteiger partial charge is 0.481 e. The first-order valence-electron chi connectivity index (χ1n) is 6.22. The zero-order valence-corrected chi connectivity index (χ0v) is 11.4. The number of nitrogens with one attached hydrogen (secondary N) is 1. The number of anilines is 1. The molecule has 1 unspecified atom stereocenters. The van der Waals surface area contributed by atoms with Gasteiger partial charge in [-0.1, -0.05) is 0 Å². The molecule has 0 saturated carbocycles. The van der Waals surface area contributed by atoms with Crippen molar-refractivity contribution in [2.45, 2.75) is 19.4 Å². The standard InChI is InChI=1S/C13H15N5O3/c1-8-15-4-5-18(8)11-3-2-9(7-16-11)17-13(21)10(14)6-12(19)20/h2-5,7,10H,6,14H2,1H3,(H,17,21)(H,19,20). The fourth-order valence-electron chi connectivity index (χ4n) is 1.74. The molecule has 21 heavy (non-hydrogen) atoms. The third kappa shape index (κ3) is 3.63.